The fourth-order valence-electron chi connectivity index (χ4n) is 11.9. The molecule has 0 aromatic rings. The standard InChI is InChI=1S/C70H125N11O15S/c1-26-28-31-45(13)59(84)58-63(88)73-48(27-2)65(90)79(22)53(39-97-33-30-29-32-55(83)96-25)54(82)38-75(18)52(37-70(16,17)95)62(87)74-56(43(9)10)68(93)76(19)49(34-40(3)4)61(86)71-46(14)60(85)72-47(15)64(89)77(20)50(35-41(5)6)66(91)78(21)51(36-42(7)8)67(92)80(23)57(44(11)12)69(94)81(58)24/h26,28,40-53,56-59,84,95H,27,29-39H2,1-25H3,(H,71,86)(H,72,85)(H,73,88)(H,74,87)/t45-,46+,47-,48+,49+,50+,51+,52+,53+,56+,57+,58+,59-/m1/s1. The normalized spacial score (nSPS) is 26.2. The number of nitrogens with one attached hydrogen (secondary N) is 4. The van der Waals surface area contributed by atoms with Crippen molar-refractivity contribution in [3.05, 3.63) is 12.2 Å². The number of hydrogen-bond acceptors (Lipinski definition) is 17. The van der Waals surface area contributed by atoms with Gasteiger partial charge in [-0.3, -0.25) is 62.4 Å². The Morgan fingerprint density at radius 3 is 1.54 bits per heavy atom. The molecule has 0 unspecified atom stereocenters. The maximum absolute atomic E-state index is 15.4. The summed E-state index contributed by atoms with van der Waals surface area (Å²) in [5.74, 6) is -9.98. The summed E-state index contributed by atoms with van der Waals surface area (Å²) in [6, 6.07) is -14.1. The fraction of sp³-hybridized carbons (Fsp3) is 0.800. The third kappa shape index (κ3) is 27.1. The van der Waals surface area contributed by atoms with Crippen LogP contribution < -0.4 is 21.3 Å². The highest BCUT2D eigenvalue weighted by Crippen LogP contribution is 2.27. The molecule has 1 aliphatic rings. The van der Waals surface area contributed by atoms with Crippen LogP contribution in [-0.2, 0) is 62.3 Å². The first kappa shape index (κ1) is 88.8. The molecule has 556 valence electrons. The zero-order valence-corrected chi connectivity index (χ0v) is 64.1. The second-order valence-electron chi connectivity index (χ2n) is 29.2. The minimum atomic E-state index is -1.67. The third-order valence-corrected chi connectivity index (χ3v) is 19.1. The van der Waals surface area contributed by atoms with Crippen molar-refractivity contribution in [2.75, 3.05) is 74.5 Å². The highest BCUT2D eigenvalue weighted by molar-refractivity contribution is 7.99. The van der Waals surface area contributed by atoms with E-state index in [1.54, 1.807) is 60.6 Å². The molecule has 0 saturated carbocycles. The van der Waals surface area contributed by atoms with E-state index in [1.165, 1.54) is 125 Å². The quantitative estimate of drug-likeness (QED) is 0.0509. The minimum absolute atomic E-state index is 0.0188. The number of rotatable bonds is 22. The van der Waals surface area contributed by atoms with E-state index >= 15 is 28.8 Å². The van der Waals surface area contributed by atoms with Gasteiger partial charge in [-0.05, 0) is 128 Å². The van der Waals surface area contributed by atoms with E-state index in [0.717, 1.165) is 4.90 Å². The molecule has 1 fully saturated rings. The van der Waals surface area contributed by atoms with E-state index in [0.29, 0.717) is 18.6 Å². The molecule has 13 atom stereocenters. The van der Waals surface area contributed by atoms with Gasteiger partial charge in [0.2, 0.25) is 59.1 Å². The van der Waals surface area contributed by atoms with Crippen LogP contribution in [0.4, 0.5) is 0 Å². The Morgan fingerprint density at radius 2 is 1.05 bits per heavy atom. The lowest BCUT2D eigenvalue weighted by Crippen LogP contribution is -2.64. The molecule has 0 radical (unpaired) electrons. The summed E-state index contributed by atoms with van der Waals surface area (Å²) in [4.78, 5) is 184. The van der Waals surface area contributed by atoms with E-state index in [1.807, 2.05) is 41.5 Å². The summed E-state index contributed by atoms with van der Waals surface area (Å²) >= 11 is 1.33. The first-order valence-electron chi connectivity index (χ1n) is 34.6. The Bertz CT molecular complexity index is 2670. The highest BCUT2D eigenvalue weighted by atomic mass is 32.2. The second-order valence-corrected chi connectivity index (χ2v) is 30.4. The first-order chi connectivity index (χ1) is 44.8. The molecule has 27 heteroatoms. The highest BCUT2D eigenvalue weighted by Gasteiger charge is 2.46. The Labute approximate surface area is 584 Å². The molecule has 0 bridgehead atoms. The number of allylic oxidation sites excluding steroid dienone is 2. The number of carbonyl (C=O) groups is 12. The van der Waals surface area contributed by atoms with E-state index < -0.39 is 167 Å². The second kappa shape index (κ2) is 41.4. The zero-order chi connectivity index (χ0) is 75.0. The maximum Gasteiger partial charge on any atom is 0.305 e. The van der Waals surface area contributed by atoms with Gasteiger partial charge >= 0.3 is 5.97 Å². The summed E-state index contributed by atoms with van der Waals surface area (Å²) in [6.07, 6.45) is 3.58. The van der Waals surface area contributed by atoms with Gasteiger partial charge < -0.3 is 65.6 Å². The molecule has 0 aliphatic carbocycles. The van der Waals surface area contributed by atoms with Crippen LogP contribution >= 0.6 is 11.8 Å². The topological polar surface area (TPSA) is 325 Å². The van der Waals surface area contributed by atoms with Crippen LogP contribution in [0.15, 0.2) is 12.2 Å². The average Bonchev–Trinajstić information content (AvgIpc) is 0.848. The largest absolute Gasteiger partial charge is 0.469 e. The number of thioether (sulfide) groups is 1. The number of ketones is 1. The average molecular weight is 1390 g/mol. The molecule has 1 aliphatic heterocycles. The van der Waals surface area contributed by atoms with E-state index in [9.17, 15) is 39.0 Å². The number of esters is 1. The molecule has 0 aromatic carbocycles. The summed E-state index contributed by atoms with van der Waals surface area (Å²) in [5.41, 5.74) is -1.52. The number of nitrogens with zero attached hydrogens (tertiary/aromatic N) is 7. The van der Waals surface area contributed by atoms with Crippen molar-refractivity contribution < 1.29 is 72.5 Å². The van der Waals surface area contributed by atoms with Gasteiger partial charge in [-0.1, -0.05) is 95.2 Å². The SMILES string of the molecule is CC=CC[C@@H](C)[C@@H](O)[C@H]1C(=O)N[C@@H](CC)C(=O)N(C)[C@@H](CSCCCCC(=O)OC)C(=O)CN(C)[C@@H](CC(C)(C)O)C(=O)N[C@@H](C(C)C)C(=O)N(C)[C@@H](CC(C)C)C(=O)N[C@@H](C)C(=O)N[C@H](C)C(=O)N(C)[C@@H](CC(C)C)C(=O)N(C)[C@@H](CC(C)C)C(=O)N(C)[C@@H](C(C)C)C(=O)N1C. The van der Waals surface area contributed by atoms with Gasteiger partial charge in [-0.2, -0.15) is 11.8 Å². The van der Waals surface area contributed by atoms with Crippen LogP contribution in [0.5, 0.6) is 0 Å². The Kier molecular flexibility index (Phi) is 37.9. The predicted octanol–water partition coefficient (Wildman–Crippen LogP) is 3.87. The van der Waals surface area contributed by atoms with E-state index in [4.69, 9.17) is 4.74 Å². The lowest BCUT2D eigenvalue weighted by molar-refractivity contribution is -0.157. The molecule has 26 nitrogen and oxygen atoms in total. The minimum Gasteiger partial charge on any atom is -0.469 e. The number of aliphatic hydroxyl groups is 2. The predicted molar refractivity (Wildman–Crippen MR) is 377 cm³/mol. The molecular formula is C70H125N11O15S. The van der Waals surface area contributed by atoms with Gasteiger partial charge in [-0.15, -0.1) is 0 Å². The van der Waals surface area contributed by atoms with Crippen molar-refractivity contribution in [3.8, 4) is 0 Å². The van der Waals surface area contributed by atoms with Crippen molar-refractivity contribution in [1.82, 2.24) is 55.6 Å². The summed E-state index contributed by atoms with van der Waals surface area (Å²) in [7, 11) is 11.3. The monoisotopic (exact) mass is 1390 g/mol. The molecular weight excluding hydrogens is 1270 g/mol. The van der Waals surface area contributed by atoms with Crippen molar-refractivity contribution >= 4 is 82.6 Å². The van der Waals surface area contributed by atoms with Crippen molar-refractivity contribution in [1.29, 1.82) is 0 Å². The number of methoxy groups -OCH3 is 1. The van der Waals surface area contributed by atoms with Crippen LogP contribution in [0.3, 0.4) is 0 Å². The van der Waals surface area contributed by atoms with Gasteiger partial charge in [0.05, 0.1) is 31.4 Å². The van der Waals surface area contributed by atoms with E-state index in [2.05, 4.69) is 21.3 Å². The van der Waals surface area contributed by atoms with Gasteiger partial charge in [0.15, 0.2) is 5.78 Å². The molecule has 1 heterocycles. The fourth-order valence-corrected chi connectivity index (χ4v) is 13.1. The lowest BCUT2D eigenvalue weighted by atomic mass is 9.91. The van der Waals surface area contributed by atoms with Crippen LogP contribution in [-0.4, -0.2) is 268 Å². The summed E-state index contributed by atoms with van der Waals surface area (Å²) < 4.78 is 4.80. The van der Waals surface area contributed by atoms with Crippen molar-refractivity contribution in [3.63, 3.8) is 0 Å². The number of hydrogen-bond donors (Lipinski definition) is 6. The number of ether oxygens (including phenoxy) is 1. The molecule has 1 rings (SSSR count). The van der Waals surface area contributed by atoms with Crippen LogP contribution in [0.1, 0.15) is 175 Å². The number of aliphatic hydroxyl groups excluding tert-OH is 1. The molecule has 97 heavy (non-hydrogen) atoms. The Morgan fingerprint density at radius 1 is 0.577 bits per heavy atom. The first-order valence-corrected chi connectivity index (χ1v) is 35.7. The maximum atomic E-state index is 15.4. The van der Waals surface area contributed by atoms with Crippen LogP contribution in [0, 0.1) is 35.5 Å². The number of Topliss-reactive ketones (excluding diaryl/α,β-unsaturated/α-hetero) is 1. The third-order valence-electron chi connectivity index (χ3n) is 18.0. The number of unbranched alkanes of at least 4 members (excludes halogenated alkanes) is 1. The molecule has 10 amide bonds. The zero-order valence-electron chi connectivity index (χ0n) is 63.3. The van der Waals surface area contributed by atoms with Crippen LogP contribution in [0.2, 0.25) is 0 Å². The molecule has 0 spiro atoms. The smallest absolute Gasteiger partial charge is 0.305 e. The van der Waals surface area contributed by atoms with E-state index in [-0.39, 0.29) is 74.4 Å². The summed E-state index contributed by atoms with van der Waals surface area (Å²) in [6.45, 7) is 28.4. The number of likely N-dealkylation sites (N-methyl/N-ethyl adjacent to an activating group) is 7. The molecule has 6 N–H and O–H groups in total. The number of carbonyl (C=O) groups excluding carboxylic acids is 12. The van der Waals surface area contributed by atoms with Gasteiger partial charge in [0.1, 0.15) is 60.4 Å². The Hall–Kier alpha value is -6.19. The lowest BCUT2D eigenvalue weighted by Gasteiger charge is -2.41. The van der Waals surface area contributed by atoms with Gasteiger partial charge in [0, 0.05) is 60.9 Å². The summed E-state index contributed by atoms with van der Waals surface area (Å²) in [5, 5.41) is 34.7. The molecule has 1 saturated heterocycles. The van der Waals surface area contributed by atoms with Gasteiger partial charge in [-0.25, -0.2) is 0 Å². The van der Waals surface area contributed by atoms with Gasteiger partial charge in [0.25, 0.3) is 0 Å². The van der Waals surface area contributed by atoms with Crippen molar-refractivity contribution in [2.45, 2.75) is 254 Å². The molecule has 0 aromatic heterocycles. The number of amides is 10. The van der Waals surface area contributed by atoms with Crippen molar-refractivity contribution in [2.24, 2.45) is 35.5 Å². The van der Waals surface area contributed by atoms with Crippen LogP contribution in [0.25, 0.3) is 0 Å². The Balaban J connectivity index is 4.51.